The molecule has 9 nitrogen and oxygen atoms in total. The summed E-state index contributed by atoms with van der Waals surface area (Å²) in [6.07, 6.45) is 1.01. The van der Waals surface area contributed by atoms with Gasteiger partial charge < -0.3 is 19.5 Å². The van der Waals surface area contributed by atoms with Gasteiger partial charge in [0.05, 0.1) is 24.6 Å². The SMILES string of the molecule is COC(=O)c1cccc(NC(=O)CN(c2ccc3c(c2)OCCO3)S(C)(=O)=O)c1C. The molecule has 1 heterocycles. The monoisotopic (exact) mass is 434 g/mol. The van der Waals surface area contributed by atoms with Crippen molar-refractivity contribution < 1.29 is 32.2 Å². The van der Waals surface area contributed by atoms with Gasteiger partial charge in [0, 0.05) is 11.8 Å². The smallest absolute Gasteiger partial charge is 0.338 e. The third-order valence-corrected chi connectivity index (χ3v) is 5.66. The number of carbonyl (C=O) groups excluding carboxylic acids is 2. The van der Waals surface area contributed by atoms with Gasteiger partial charge in [0.25, 0.3) is 0 Å². The standard InChI is InChI=1S/C20H22N2O7S/c1-13-15(20(24)27-2)5-4-6-16(13)21-19(23)12-22(30(3,25)26)14-7-8-17-18(11-14)29-10-9-28-17/h4-8,11H,9-10,12H2,1-3H3,(H,21,23). The summed E-state index contributed by atoms with van der Waals surface area (Å²) in [6.45, 7) is 1.97. The van der Waals surface area contributed by atoms with Crippen molar-refractivity contribution in [2.45, 2.75) is 6.92 Å². The van der Waals surface area contributed by atoms with Crippen molar-refractivity contribution in [3.8, 4) is 11.5 Å². The zero-order valence-electron chi connectivity index (χ0n) is 16.8. The van der Waals surface area contributed by atoms with E-state index in [1.807, 2.05) is 0 Å². The second-order valence-corrected chi connectivity index (χ2v) is 8.52. The number of nitrogens with one attached hydrogen (secondary N) is 1. The molecule has 3 rings (SSSR count). The molecule has 0 saturated heterocycles. The van der Waals surface area contributed by atoms with Crippen molar-refractivity contribution in [1.82, 2.24) is 0 Å². The lowest BCUT2D eigenvalue weighted by molar-refractivity contribution is -0.114. The number of amides is 1. The number of anilines is 2. The summed E-state index contributed by atoms with van der Waals surface area (Å²) in [4.78, 5) is 24.5. The fraction of sp³-hybridized carbons (Fsp3) is 0.300. The average Bonchev–Trinajstić information content (AvgIpc) is 2.72. The molecular formula is C20H22N2O7S. The zero-order chi connectivity index (χ0) is 21.9. The lowest BCUT2D eigenvalue weighted by atomic mass is 10.1. The molecule has 0 aromatic heterocycles. The Morgan fingerprint density at radius 3 is 2.50 bits per heavy atom. The lowest BCUT2D eigenvalue weighted by Crippen LogP contribution is -2.37. The van der Waals surface area contributed by atoms with Crippen molar-refractivity contribution in [2.75, 3.05) is 42.7 Å². The predicted octanol–water partition coefficient (Wildman–Crippen LogP) is 1.96. The van der Waals surface area contributed by atoms with E-state index >= 15 is 0 Å². The Labute approximate surface area is 174 Å². The maximum absolute atomic E-state index is 12.6. The van der Waals surface area contributed by atoms with Crippen LogP contribution in [-0.4, -0.2) is 53.4 Å². The largest absolute Gasteiger partial charge is 0.486 e. The van der Waals surface area contributed by atoms with Crippen LogP contribution in [0.15, 0.2) is 36.4 Å². The van der Waals surface area contributed by atoms with Crippen LogP contribution < -0.4 is 19.1 Å². The highest BCUT2D eigenvalue weighted by Crippen LogP contribution is 2.34. The van der Waals surface area contributed by atoms with E-state index in [9.17, 15) is 18.0 Å². The van der Waals surface area contributed by atoms with Gasteiger partial charge in [0.15, 0.2) is 11.5 Å². The van der Waals surface area contributed by atoms with E-state index in [4.69, 9.17) is 14.2 Å². The number of hydrogen-bond donors (Lipinski definition) is 1. The van der Waals surface area contributed by atoms with Gasteiger partial charge in [-0.05, 0) is 36.8 Å². The Bertz CT molecular complexity index is 1080. The van der Waals surface area contributed by atoms with Crippen LogP contribution in [0, 0.1) is 6.92 Å². The van der Waals surface area contributed by atoms with E-state index in [0.29, 0.717) is 41.5 Å². The lowest BCUT2D eigenvalue weighted by Gasteiger charge is -2.25. The van der Waals surface area contributed by atoms with Crippen LogP contribution in [-0.2, 0) is 19.6 Å². The highest BCUT2D eigenvalue weighted by Gasteiger charge is 2.24. The molecule has 0 spiro atoms. The van der Waals surface area contributed by atoms with Crippen LogP contribution in [0.5, 0.6) is 11.5 Å². The molecule has 160 valence electrons. The molecule has 0 bridgehead atoms. The van der Waals surface area contributed by atoms with Crippen molar-refractivity contribution in [1.29, 1.82) is 0 Å². The van der Waals surface area contributed by atoms with Crippen molar-refractivity contribution >= 4 is 33.3 Å². The van der Waals surface area contributed by atoms with Gasteiger partial charge in [-0.1, -0.05) is 6.07 Å². The Morgan fingerprint density at radius 1 is 1.13 bits per heavy atom. The van der Waals surface area contributed by atoms with E-state index in [2.05, 4.69) is 5.32 Å². The number of esters is 1. The molecule has 10 heteroatoms. The first-order valence-corrected chi connectivity index (χ1v) is 10.9. The Hall–Kier alpha value is -3.27. The molecule has 2 aromatic carbocycles. The number of carbonyl (C=O) groups is 2. The first-order valence-electron chi connectivity index (χ1n) is 9.06. The van der Waals surface area contributed by atoms with Gasteiger partial charge in [0.1, 0.15) is 19.8 Å². The molecule has 0 unspecified atom stereocenters. The second kappa shape index (κ2) is 8.62. The van der Waals surface area contributed by atoms with Gasteiger partial charge >= 0.3 is 5.97 Å². The molecule has 1 amide bonds. The summed E-state index contributed by atoms with van der Waals surface area (Å²) in [7, 11) is -2.50. The Balaban J connectivity index is 1.83. The number of sulfonamides is 1. The molecule has 0 radical (unpaired) electrons. The van der Waals surface area contributed by atoms with Crippen molar-refractivity contribution in [3.05, 3.63) is 47.5 Å². The highest BCUT2D eigenvalue weighted by atomic mass is 32.2. The summed E-state index contributed by atoms with van der Waals surface area (Å²) in [5, 5.41) is 2.66. The van der Waals surface area contributed by atoms with E-state index in [-0.39, 0.29) is 5.69 Å². The normalized spacial score (nSPS) is 12.8. The third-order valence-electron chi connectivity index (χ3n) is 4.51. The first kappa shape index (κ1) is 21.4. The first-order chi connectivity index (χ1) is 14.2. The van der Waals surface area contributed by atoms with Crippen LogP contribution in [0.2, 0.25) is 0 Å². The molecule has 0 atom stereocenters. The molecule has 0 saturated carbocycles. The quantitative estimate of drug-likeness (QED) is 0.692. The highest BCUT2D eigenvalue weighted by molar-refractivity contribution is 7.92. The molecule has 1 aliphatic heterocycles. The van der Waals surface area contributed by atoms with Crippen LogP contribution in [0.25, 0.3) is 0 Å². The van der Waals surface area contributed by atoms with Gasteiger partial charge in [-0.3, -0.25) is 9.10 Å². The van der Waals surface area contributed by atoms with Crippen LogP contribution in [0.1, 0.15) is 15.9 Å². The minimum absolute atomic E-state index is 0.275. The van der Waals surface area contributed by atoms with Crippen molar-refractivity contribution in [3.63, 3.8) is 0 Å². The number of fused-ring (bicyclic) bond motifs is 1. The molecule has 1 aliphatic rings. The molecular weight excluding hydrogens is 412 g/mol. The predicted molar refractivity (Wildman–Crippen MR) is 111 cm³/mol. The molecule has 30 heavy (non-hydrogen) atoms. The number of rotatable bonds is 6. The zero-order valence-corrected chi connectivity index (χ0v) is 17.6. The number of hydrogen-bond acceptors (Lipinski definition) is 7. The van der Waals surface area contributed by atoms with E-state index in [1.165, 1.54) is 13.2 Å². The van der Waals surface area contributed by atoms with Crippen LogP contribution >= 0.6 is 0 Å². The fourth-order valence-corrected chi connectivity index (χ4v) is 3.86. The summed E-state index contributed by atoms with van der Waals surface area (Å²) in [5.41, 5.74) is 1.49. The molecule has 2 aromatic rings. The van der Waals surface area contributed by atoms with E-state index < -0.39 is 28.4 Å². The molecule has 0 fully saturated rings. The topological polar surface area (TPSA) is 111 Å². The maximum atomic E-state index is 12.6. The van der Waals surface area contributed by atoms with Gasteiger partial charge in [0.2, 0.25) is 15.9 Å². The van der Waals surface area contributed by atoms with Gasteiger partial charge in [-0.25, -0.2) is 13.2 Å². The van der Waals surface area contributed by atoms with Crippen molar-refractivity contribution in [2.24, 2.45) is 0 Å². The van der Waals surface area contributed by atoms with Gasteiger partial charge in [-0.2, -0.15) is 0 Å². The summed E-state index contributed by atoms with van der Waals surface area (Å²) in [6, 6.07) is 9.47. The maximum Gasteiger partial charge on any atom is 0.338 e. The number of benzene rings is 2. The van der Waals surface area contributed by atoms with Gasteiger partial charge in [-0.15, -0.1) is 0 Å². The summed E-state index contributed by atoms with van der Waals surface area (Å²) < 4.78 is 41.3. The minimum atomic E-state index is -3.77. The van der Waals surface area contributed by atoms with E-state index in [1.54, 1.807) is 37.3 Å². The fourth-order valence-electron chi connectivity index (χ4n) is 3.01. The third kappa shape index (κ3) is 4.65. The summed E-state index contributed by atoms with van der Waals surface area (Å²) in [5.74, 6) is -0.175. The average molecular weight is 434 g/mol. The Morgan fingerprint density at radius 2 is 1.83 bits per heavy atom. The van der Waals surface area contributed by atoms with Crippen LogP contribution in [0.3, 0.4) is 0 Å². The minimum Gasteiger partial charge on any atom is -0.486 e. The number of methoxy groups -OCH3 is 1. The summed E-state index contributed by atoms with van der Waals surface area (Å²) >= 11 is 0. The molecule has 1 N–H and O–H groups in total. The number of nitrogens with zero attached hydrogens (tertiary/aromatic N) is 1. The molecule has 0 aliphatic carbocycles. The Kier molecular flexibility index (Phi) is 6.16. The van der Waals surface area contributed by atoms with Crippen LogP contribution in [0.4, 0.5) is 11.4 Å². The van der Waals surface area contributed by atoms with E-state index in [0.717, 1.165) is 10.6 Å². The second-order valence-electron chi connectivity index (χ2n) is 6.62. The number of ether oxygens (including phenoxy) is 3.